The van der Waals surface area contributed by atoms with Crippen LogP contribution in [0.4, 0.5) is 0 Å². The van der Waals surface area contributed by atoms with Gasteiger partial charge in [-0.15, -0.1) is 6.58 Å². The molecular weight excluding hydrogens is 220 g/mol. The summed E-state index contributed by atoms with van der Waals surface area (Å²) >= 11 is 0. The Hall–Kier alpha value is -1.36. The van der Waals surface area contributed by atoms with Crippen LogP contribution in [0.1, 0.15) is 20.3 Å². The Labute approximate surface area is 102 Å². The largest absolute Gasteiger partial charge is 0.463 e. The van der Waals surface area contributed by atoms with Gasteiger partial charge in [-0.1, -0.05) is 6.08 Å². The first-order valence-electron chi connectivity index (χ1n) is 5.87. The lowest BCUT2D eigenvalue weighted by Crippen LogP contribution is -2.55. The van der Waals surface area contributed by atoms with Gasteiger partial charge in [0.05, 0.1) is 18.6 Å². The van der Waals surface area contributed by atoms with Gasteiger partial charge in [0.2, 0.25) is 5.91 Å². The average molecular weight is 240 g/mol. The number of nitrogens with zero attached hydrogens (tertiary/aromatic N) is 1. The molecule has 1 fully saturated rings. The van der Waals surface area contributed by atoms with E-state index in [0.717, 1.165) is 0 Å². The standard InChI is InChI=1S/C12H20N2O3/c1-4-6-14-7-5-13-10(12(14)16)8-11(15)17-9(2)3/h4,9-10,13H,1,5-8H2,2-3H3. The smallest absolute Gasteiger partial charge is 0.308 e. The van der Waals surface area contributed by atoms with E-state index in [1.54, 1.807) is 24.8 Å². The molecule has 0 bridgehead atoms. The van der Waals surface area contributed by atoms with Crippen LogP contribution in [-0.4, -0.2) is 48.6 Å². The van der Waals surface area contributed by atoms with Gasteiger partial charge in [-0.05, 0) is 13.8 Å². The van der Waals surface area contributed by atoms with E-state index in [-0.39, 0.29) is 24.4 Å². The first kappa shape index (κ1) is 13.7. The van der Waals surface area contributed by atoms with E-state index in [1.165, 1.54) is 0 Å². The van der Waals surface area contributed by atoms with Gasteiger partial charge in [0, 0.05) is 19.6 Å². The fraction of sp³-hybridized carbons (Fsp3) is 0.667. The third-order valence-electron chi connectivity index (χ3n) is 2.47. The molecule has 0 aromatic rings. The number of hydrogen-bond donors (Lipinski definition) is 1. The van der Waals surface area contributed by atoms with E-state index in [0.29, 0.717) is 19.6 Å². The third-order valence-corrected chi connectivity index (χ3v) is 2.47. The van der Waals surface area contributed by atoms with Crippen LogP contribution in [-0.2, 0) is 14.3 Å². The zero-order valence-corrected chi connectivity index (χ0v) is 10.4. The molecule has 1 saturated heterocycles. The molecule has 1 unspecified atom stereocenters. The molecule has 17 heavy (non-hydrogen) atoms. The van der Waals surface area contributed by atoms with E-state index in [1.807, 2.05) is 0 Å². The molecule has 0 aliphatic carbocycles. The van der Waals surface area contributed by atoms with E-state index < -0.39 is 6.04 Å². The average Bonchev–Trinajstić information content (AvgIpc) is 2.23. The normalized spacial score (nSPS) is 20.5. The minimum atomic E-state index is -0.463. The zero-order valence-electron chi connectivity index (χ0n) is 10.4. The molecule has 1 aliphatic heterocycles. The van der Waals surface area contributed by atoms with Gasteiger partial charge in [-0.2, -0.15) is 0 Å². The van der Waals surface area contributed by atoms with Crippen molar-refractivity contribution in [2.75, 3.05) is 19.6 Å². The van der Waals surface area contributed by atoms with Crippen molar-refractivity contribution in [3.05, 3.63) is 12.7 Å². The predicted octanol–water partition coefficient (Wildman–Crippen LogP) is 0.314. The Bertz CT molecular complexity index is 302. The van der Waals surface area contributed by atoms with Gasteiger partial charge in [-0.3, -0.25) is 9.59 Å². The molecule has 0 aromatic heterocycles. The zero-order chi connectivity index (χ0) is 12.8. The van der Waals surface area contributed by atoms with Crippen LogP contribution in [0.15, 0.2) is 12.7 Å². The lowest BCUT2D eigenvalue weighted by Gasteiger charge is -2.32. The van der Waals surface area contributed by atoms with Gasteiger partial charge >= 0.3 is 5.97 Å². The molecule has 0 saturated carbocycles. The van der Waals surface area contributed by atoms with Crippen LogP contribution in [0.3, 0.4) is 0 Å². The first-order chi connectivity index (χ1) is 8.04. The number of piperazine rings is 1. The molecule has 5 heteroatoms. The molecular formula is C12H20N2O3. The maximum atomic E-state index is 11.9. The van der Waals surface area contributed by atoms with Crippen molar-refractivity contribution in [2.24, 2.45) is 0 Å². The summed E-state index contributed by atoms with van der Waals surface area (Å²) in [6.45, 7) is 9.06. The van der Waals surface area contributed by atoms with Crippen LogP contribution >= 0.6 is 0 Å². The molecule has 0 aromatic carbocycles. The van der Waals surface area contributed by atoms with Gasteiger partial charge < -0.3 is 15.0 Å². The van der Waals surface area contributed by atoms with Crippen molar-refractivity contribution in [3.63, 3.8) is 0 Å². The van der Waals surface area contributed by atoms with E-state index >= 15 is 0 Å². The van der Waals surface area contributed by atoms with Crippen molar-refractivity contribution >= 4 is 11.9 Å². The fourth-order valence-corrected chi connectivity index (χ4v) is 1.77. The van der Waals surface area contributed by atoms with Crippen LogP contribution in [0.5, 0.6) is 0 Å². The minimum absolute atomic E-state index is 0.0585. The Kier molecular flexibility index (Phi) is 5.15. The summed E-state index contributed by atoms with van der Waals surface area (Å²) in [6.07, 6.45) is 1.63. The fourth-order valence-electron chi connectivity index (χ4n) is 1.77. The summed E-state index contributed by atoms with van der Waals surface area (Å²) in [4.78, 5) is 25.1. The Morgan fingerprint density at radius 3 is 3.00 bits per heavy atom. The molecule has 1 N–H and O–H groups in total. The molecule has 0 spiro atoms. The maximum Gasteiger partial charge on any atom is 0.308 e. The SMILES string of the molecule is C=CCN1CCNC(CC(=O)OC(C)C)C1=O. The second-order valence-corrected chi connectivity index (χ2v) is 4.32. The molecule has 5 nitrogen and oxygen atoms in total. The molecule has 1 atom stereocenters. The summed E-state index contributed by atoms with van der Waals surface area (Å²) in [5.74, 6) is -0.400. The van der Waals surface area contributed by atoms with E-state index in [9.17, 15) is 9.59 Å². The monoisotopic (exact) mass is 240 g/mol. The van der Waals surface area contributed by atoms with Crippen molar-refractivity contribution in [3.8, 4) is 0 Å². The van der Waals surface area contributed by atoms with Crippen LogP contribution in [0.25, 0.3) is 0 Å². The number of carbonyl (C=O) groups is 2. The lowest BCUT2D eigenvalue weighted by atomic mass is 10.1. The Morgan fingerprint density at radius 1 is 1.71 bits per heavy atom. The highest BCUT2D eigenvalue weighted by molar-refractivity contribution is 5.87. The number of hydrogen-bond acceptors (Lipinski definition) is 4. The summed E-state index contributed by atoms with van der Waals surface area (Å²) in [6, 6.07) is -0.463. The van der Waals surface area contributed by atoms with Gasteiger partial charge in [0.15, 0.2) is 0 Å². The molecule has 1 aliphatic rings. The highest BCUT2D eigenvalue weighted by Gasteiger charge is 2.29. The minimum Gasteiger partial charge on any atom is -0.463 e. The number of ether oxygens (including phenoxy) is 1. The molecule has 1 heterocycles. The molecule has 1 amide bonds. The third kappa shape index (κ3) is 4.19. The first-order valence-corrected chi connectivity index (χ1v) is 5.87. The van der Waals surface area contributed by atoms with Crippen molar-refractivity contribution < 1.29 is 14.3 Å². The molecule has 96 valence electrons. The highest BCUT2D eigenvalue weighted by Crippen LogP contribution is 2.07. The number of rotatable bonds is 5. The quantitative estimate of drug-likeness (QED) is 0.555. The van der Waals surface area contributed by atoms with Crippen molar-refractivity contribution in [1.82, 2.24) is 10.2 Å². The predicted molar refractivity (Wildman–Crippen MR) is 64.4 cm³/mol. The van der Waals surface area contributed by atoms with Gasteiger partial charge in [-0.25, -0.2) is 0 Å². The van der Waals surface area contributed by atoms with Crippen LogP contribution < -0.4 is 5.32 Å². The topological polar surface area (TPSA) is 58.6 Å². The number of amides is 1. The molecule has 1 rings (SSSR count). The van der Waals surface area contributed by atoms with E-state index in [4.69, 9.17) is 4.74 Å². The Morgan fingerprint density at radius 2 is 2.41 bits per heavy atom. The van der Waals surface area contributed by atoms with Gasteiger partial charge in [0.25, 0.3) is 0 Å². The van der Waals surface area contributed by atoms with Crippen LogP contribution in [0, 0.1) is 0 Å². The summed E-state index contributed by atoms with van der Waals surface area (Å²) < 4.78 is 5.03. The number of esters is 1. The second-order valence-electron chi connectivity index (χ2n) is 4.32. The number of carbonyl (C=O) groups excluding carboxylic acids is 2. The maximum absolute atomic E-state index is 11.9. The summed E-state index contributed by atoms with van der Waals surface area (Å²) in [7, 11) is 0. The second kappa shape index (κ2) is 6.39. The lowest BCUT2D eigenvalue weighted by molar-refractivity contribution is -0.151. The molecule has 0 radical (unpaired) electrons. The van der Waals surface area contributed by atoms with Crippen molar-refractivity contribution in [1.29, 1.82) is 0 Å². The van der Waals surface area contributed by atoms with E-state index in [2.05, 4.69) is 11.9 Å². The Balaban J connectivity index is 2.50. The summed E-state index contributed by atoms with van der Waals surface area (Å²) in [5.41, 5.74) is 0. The highest BCUT2D eigenvalue weighted by atomic mass is 16.5. The van der Waals surface area contributed by atoms with Crippen LogP contribution in [0.2, 0.25) is 0 Å². The van der Waals surface area contributed by atoms with Gasteiger partial charge in [0.1, 0.15) is 0 Å². The summed E-state index contributed by atoms with van der Waals surface area (Å²) in [5, 5.41) is 3.04. The van der Waals surface area contributed by atoms with Crippen molar-refractivity contribution in [2.45, 2.75) is 32.4 Å². The number of nitrogens with one attached hydrogen (secondary N) is 1.